The molecule has 0 unspecified atom stereocenters. The molecule has 0 radical (unpaired) electrons. The van der Waals surface area contributed by atoms with E-state index in [1.165, 1.54) is 0 Å². The molecule has 2 N–H and O–H groups in total. The third kappa shape index (κ3) is 3.88. The fraction of sp³-hybridized carbons (Fsp3) is 0.353. The van der Waals surface area contributed by atoms with E-state index in [4.69, 9.17) is 4.42 Å². The summed E-state index contributed by atoms with van der Waals surface area (Å²) < 4.78 is 5.19. The first-order valence-corrected chi connectivity index (χ1v) is 7.05. The fourth-order valence-electron chi connectivity index (χ4n) is 2.20. The lowest BCUT2D eigenvalue weighted by molar-refractivity contribution is 0.250. The fourth-order valence-corrected chi connectivity index (χ4v) is 2.20. The number of benzene rings is 1. The van der Waals surface area contributed by atoms with Crippen LogP contribution in [0.15, 0.2) is 41.0 Å². The Labute approximate surface area is 125 Å². The van der Waals surface area contributed by atoms with Crippen LogP contribution in [-0.4, -0.2) is 6.03 Å². The summed E-state index contributed by atoms with van der Waals surface area (Å²) in [7, 11) is 0. The van der Waals surface area contributed by atoms with E-state index in [0.717, 1.165) is 22.6 Å². The molecule has 4 nitrogen and oxygen atoms in total. The van der Waals surface area contributed by atoms with Crippen LogP contribution in [0.2, 0.25) is 0 Å². The molecule has 0 aliphatic heterocycles. The van der Waals surface area contributed by atoms with Gasteiger partial charge in [-0.05, 0) is 35.6 Å². The number of hydrogen-bond donors (Lipinski definition) is 2. The maximum Gasteiger partial charge on any atom is 0.319 e. The van der Waals surface area contributed by atoms with E-state index in [1.807, 2.05) is 25.1 Å². The van der Waals surface area contributed by atoms with Gasteiger partial charge in [0.15, 0.2) is 0 Å². The Balaban J connectivity index is 2.10. The Bertz CT molecular complexity index is 610. The normalized spacial score (nSPS) is 11.2. The number of carbonyl (C=O) groups excluding carboxylic acids is 1. The Morgan fingerprint density at radius 1 is 1.19 bits per heavy atom. The highest BCUT2D eigenvalue weighted by Gasteiger charge is 2.20. The summed E-state index contributed by atoms with van der Waals surface area (Å²) in [6.45, 7) is 8.77. The maximum absolute atomic E-state index is 12.1. The molecule has 0 bridgehead atoms. The third-order valence-corrected chi connectivity index (χ3v) is 3.32. The number of para-hydroxylation sites is 1. The summed E-state index contributed by atoms with van der Waals surface area (Å²) in [5, 5.41) is 5.75. The van der Waals surface area contributed by atoms with Gasteiger partial charge in [-0.25, -0.2) is 4.79 Å². The molecule has 0 aliphatic carbocycles. The molecule has 112 valence electrons. The van der Waals surface area contributed by atoms with Crippen LogP contribution in [0.25, 0.3) is 0 Å². The topological polar surface area (TPSA) is 54.3 Å². The lowest BCUT2D eigenvalue weighted by Gasteiger charge is -2.24. The van der Waals surface area contributed by atoms with Gasteiger partial charge in [0, 0.05) is 5.69 Å². The van der Waals surface area contributed by atoms with Crippen molar-refractivity contribution >= 4 is 11.7 Å². The summed E-state index contributed by atoms with van der Waals surface area (Å²) in [6.07, 6.45) is 1.59. The van der Waals surface area contributed by atoms with E-state index in [0.29, 0.717) is 6.54 Å². The van der Waals surface area contributed by atoms with Crippen LogP contribution < -0.4 is 10.6 Å². The van der Waals surface area contributed by atoms with Crippen molar-refractivity contribution < 1.29 is 9.21 Å². The van der Waals surface area contributed by atoms with Crippen molar-refractivity contribution in [1.82, 2.24) is 5.32 Å². The molecule has 0 saturated carbocycles. The maximum atomic E-state index is 12.1. The SMILES string of the molecule is Cc1cccc(C(C)(C)C)c1NC(=O)NCc1ccco1. The molecule has 21 heavy (non-hydrogen) atoms. The van der Waals surface area contributed by atoms with E-state index in [9.17, 15) is 4.79 Å². The second-order valence-corrected chi connectivity index (χ2v) is 6.13. The van der Waals surface area contributed by atoms with Gasteiger partial charge in [-0.2, -0.15) is 0 Å². The van der Waals surface area contributed by atoms with Gasteiger partial charge in [-0.15, -0.1) is 0 Å². The predicted octanol–water partition coefficient (Wildman–Crippen LogP) is 4.21. The standard InChI is InChI=1S/C17H22N2O2/c1-12-7-5-9-14(17(2,3)4)15(12)19-16(20)18-11-13-8-6-10-21-13/h5-10H,11H2,1-4H3,(H2,18,19,20). The molecule has 1 aromatic carbocycles. The number of urea groups is 1. The van der Waals surface area contributed by atoms with Gasteiger partial charge >= 0.3 is 6.03 Å². The summed E-state index contributed by atoms with van der Waals surface area (Å²) in [5.74, 6) is 0.728. The van der Waals surface area contributed by atoms with E-state index in [2.05, 4.69) is 37.5 Å². The highest BCUT2D eigenvalue weighted by atomic mass is 16.3. The van der Waals surface area contributed by atoms with Crippen molar-refractivity contribution in [2.45, 2.75) is 39.7 Å². The molecule has 0 saturated heterocycles. The number of hydrogen-bond acceptors (Lipinski definition) is 2. The van der Waals surface area contributed by atoms with E-state index < -0.39 is 0 Å². The number of nitrogens with one attached hydrogen (secondary N) is 2. The van der Waals surface area contributed by atoms with Crippen LogP contribution in [0.4, 0.5) is 10.5 Å². The number of furan rings is 1. The molecule has 0 aliphatic rings. The van der Waals surface area contributed by atoms with Gasteiger partial charge in [-0.3, -0.25) is 0 Å². The van der Waals surface area contributed by atoms with Crippen molar-refractivity contribution in [2.75, 3.05) is 5.32 Å². The summed E-state index contributed by atoms with van der Waals surface area (Å²) >= 11 is 0. The largest absolute Gasteiger partial charge is 0.467 e. The quantitative estimate of drug-likeness (QED) is 0.888. The van der Waals surface area contributed by atoms with Crippen molar-refractivity contribution in [3.8, 4) is 0 Å². The molecule has 2 amide bonds. The van der Waals surface area contributed by atoms with Crippen LogP contribution in [-0.2, 0) is 12.0 Å². The van der Waals surface area contributed by atoms with Gasteiger partial charge in [0.25, 0.3) is 0 Å². The van der Waals surface area contributed by atoms with Crippen LogP contribution >= 0.6 is 0 Å². The Kier molecular flexibility index (Phi) is 4.36. The Morgan fingerprint density at radius 3 is 2.57 bits per heavy atom. The second kappa shape index (κ2) is 6.04. The van der Waals surface area contributed by atoms with E-state index in [-0.39, 0.29) is 11.4 Å². The number of carbonyl (C=O) groups is 1. The van der Waals surface area contributed by atoms with Crippen molar-refractivity contribution in [3.63, 3.8) is 0 Å². The zero-order valence-corrected chi connectivity index (χ0v) is 13.0. The Hall–Kier alpha value is -2.23. The molecular formula is C17H22N2O2. The smallest absolute Gasteiger partial charge is 0.319 e. The number of anilines is 1. The highest BCUT2D eigenvalue weighted by Crippen LogP contribution is 2.31. The number of amides is 2. The predicted molar refractivity (Wildman–Crippen MR) is 84.4 cm³/mol. The van der Waals surface area contributed by atoms with Crippen LogP contribution in [0.1, 0.15) is 37.7 Å². The van der Waals surface area contributed by atoms with E-state index in [1.54, 1.807) is 12.3 Å². The Morgan fingerprint density at radius 2 is 1.95 bits per heavy atom. The molecule has 0 fully saturated rings. The zero-order valence-electron chi connectivity index (χ0n) is 13.0. The van der Waals surface area contributed by atoms with Gasteiger partial charge in [-0.1, -0.05) is 39.0 Å². The van der Waals surface area contributed by atoms with Crippen LogP contribution in [0, 0.1) is 6.92 Å². The first kappa shape index (κ1) is 15.2. The summed E-state index contributed by atoms with van der Waals surface area (Å²) in [5.41, 5.74) is 3.02. The lowest BCUT2D eigenvalue weighted by Crippen LogP contribution is -2.29. The third-order valence-electron chi connectivity index (χ3n) is 3.32. The summed E-state index contributed by atoms with van der Waals surface area (Å²) in [4.78, 5) is 12.1. The first-order valence-electron chi connectivity index (χ1n) is 7.05. The van der Waals surface area contributed by atoms with Gasteiger partial charge in [0.2, 0.25) is 0 Å². The minimum Gasteiger partial charge on any atom is -0.467 e. The first-order chi connectivity index (χ1) is 9.88. The van der Waals surface area contributed by atoms with Crippen molar-refractivity contribution in [3.05, 3.63) is 53.5 Å². The minimum absolute atomic E-state index is 0.0321. The molecule has 0 spiro atoms. The minimum atomic E-state index is -0.230. The average Bonchev–Trinajstić information content (AvgIpc) is 2.90. The van der Waals surface area contributed by atoms with Crippen LogP contribution in [0.3, 0.4) is 0 Å². The molecule has 4 heteroatoms. The molecular weight excluding hydrogens is 264 g/mol. The molecule has 2 aromatic rings. The monoisotopic (exact) mass is 286 g/mol. The molecule has 1 aromatic heterocycles. The van der Waals surface area contributed by atoms with Crippen molar-refractivity contribution in [2.24, 2.45) is 0 Å². The van der Waals surface area contributed by atoms with Gasteiger partial charge < -0.3 is 15.1 Å². The highest BCUT2D eigenvalue weighted by molar-refractivity contribution is 5.91. The summed E-state index contributed by atoms with van der Waals surface area (Å²) in [6, 6.07) is 9.46. The lowest BCUT2D eigenvalue weighted by atomic mass is 9.84. The van der Waals surface area contributed by atoms with Gasteiger partial charge in [0.1, 0.15) is 5.76 Å². The second-order valence-electron chi connectivity index (χ2n) is 6.13. The number of rotatable bonds is 3. The van der Waals surface area contributed by atoms with Gasteiger partial charge in [0.05, 0.1) is 12.8 Å². The number of aryl methyl sites for hydroxylation is 1. The molecule has 2 rings (SSSR count). The molecule has 1 heterocycles. The van der Waals surface area contributed by atoms with Crippen LogP contribution in [0.5, 0.6) is 0 Å². The van der Waals surface area contributed by atoms with E-state index >= 15 is 0 Å². The average molecular weight is 286 g/mol. The molecule has 0 atom stereocenters. The zero-order chi connectivity index (χ0) is 15.5. The van der Waals surface area contributed by atoms with Crippen molar-refractivity contribution in [1.29, 1.82) is 0 Å².